The fourth-order valence-electron chi connectivity index (χ4n) is 1.76. The Bertz CT molecular complexity index is 572. The van der Waals surface area contributed by atoms with Crippen molar-refractivity contribution in [3.05, 3.63) is 47.3 Å². The normalized spacial score (nSPS) is 10.2. The first-order chi connectivity index (χ1) is 9.10. The van der Waals surface area contributed by atoms with Crippen molar-refractivity contribution in [2.45, 2.75) is 20.0 Å². The van der Waals surface area contributed by atoms with Crippen LogP contribution in [0.2, 0.25) is 0 Å². The molecule has 1 aromatic heterocycles. The van der Waals surface area contributed by atoms with Crippen molar-refractivity contribution in [3.8, 4) is 0 Å². The van der Waals surface area contributed by atoms with E-state index in [2.05, 4.69) is 10.4 Å². The zero-order valence-corrected chi connectivity index (χ0v) is 11.7. The molecule has 1 aromatic carbocycles. The van der Waals surface area contributed by atoms with Gasteiger partial charge >= 0.3 is 0 Å². The van der Waals surface area contributed by atoms with Crippen molar-refractivity contribution in [1.82, 2.24) is 9.78 Å². The molecule has 0 aliphatic carbocycles. The Labute approximate surface area is 121 Å². The maximum Gasteiger partial charge on any atom is 0.128 e. The number of hydrogen-bond acceptors (Lipinski definition) is 2. The molecule has 0 aliphatic rings. The van der Waals surface area contributed by atoms with Gasteiger partial charge in [0.25, 0.3) is 0 Å². The molecule has 2 aromatic rings. The summed E-state index contributed by atoms with van der Waals surface area (Å²) in [6, 6.07) is 3.30. The molecule has 0 saturated heterocycles. The van der Waals surface area contributed by atoms with Gasteiger partial charge in [0.2, 0.25) is 0 Å². The molecule has 7 heteroatoms. The van der Waals surface area contributed by atoms with Gasteiger partial charge in [-0.2, -0.15) is 5.10 Å². The maximum atomic E-state index is 13.4. The number of rotatable bonds is 5. The SMILES string of the molecule is Cc1nn(CCF)cc1NCc1cc(F)ccc1F.Cl. The second-order valence-electron chi connectivity index (χ2n) is 4.17. The van der Waals surface area contributed by atoms with Gasteiger partial charge in [0, 0.05) is 18.3 Å². The molecule has 0 aliphatic heterocycles. The van der Waals surface area contributed by atoms with Crippen LogP contribution in [0.4, 0.5) is 18.9 Å². The van der Waals surface area contributed by atoms with Gasteiger partial charge in [-0.15, -0.1) is 12.4 Å². The number of halogens is 4. The van der Waals surface area contributed by atoms with Crippen LogP contribution in [0.15, 0.2) is 24.4 Å². The molecule has 0 saturated carbocycles. The molecule has 0 atom stereocenters. The molecule has 2 rings (SSSR count). The van der Waals surface area contributed by atoms with Crippen molar-refractivity contribution in [2.75, 3.05) is 12.0 Å². The van der Waals surface area contributed by atoms with Gasteiger partial charge in [-0.3, -0.25) is 4.68 Å². The molecule has 1 heterocycles. The number of aryl methyl sites for hydroxylation is 2. The number of aromatic nitrogens is 2. The van der Waals surface area contributed by atoms with E-state index >= 15 is 0 Å². The first-order valence-electron chi connectivity index (χ1n) is 5.88. The van der Waals surface area contributed by atoms with Crippen LogP contribution in [0, 0.1) is 18.6 Å². The minimum atomic E-state index is -0.501. The van der Waals surface area contributed by atoms with Crippen LogP contribution in [0.1, 0.15) is 11.3 Å². The fourth-order valence-corrected chi connectivity index (χ4v) is 1.76. The third-order valence-corrected chi connectivity index (χ3v) is 2.74. The van der Waals surface area contributed by atoms with E-state index in [1.165, 1.54) is 4.68 Å². The summed E-state index contributed by atoms with van der Waals surface area (Å²) in [6.07, 6.45) is 1.64. The lowest BCUT2D eigenvalue weighted by molar-refractivity contribution is 0.426. The Morgan fingerprint density at radius 1 is 1.30 bits per heavy atom. The first kappa shape index (κ1) is 16.4. The summed E-state index contributed by atoms with van der Waals surface area (Å²) < 4.78 is 40.1. The molecule has 1 N–H and O–H groups in total. The quantitative estimate of drug-likeness (QED) is 0.916. The molecule has 0 radical (unpaired) electrons. The Balaban J connectivity index is 0.00000200. The highest BCUT2D eigenvalue weighted by Gasteiger charge is 2.07. The first-order valence-corrected chi connectivity index (χ1v) is 5.88. The third-order valence-electron chi connectivity index (χ3n) is 2.74. The molecule has 110 valence electrons. The summed E-state index contributed by atoms with van der Waals surface area (Å²) in [4.78, 5) is 0. The average Bonchev–Trinajstić information content (AvgIpc) is 2.71. The van der Waals surface area contributed by atoms with Gasteiger partial charge in [0.05, 0.1) is 17.9 Å². The van der Waals surface area contributed by atoms with Gasteiger partial charge < -0.3 is 5.32 Å². The molecule has 0 amide bonds. The minimum absolute atomic E-state index is 0. The Hall–Kier alpha value is -1.69. The second-order valence-corrected chi connectivity index (χ2v) is 4.17. The molecule has 20 heavy (non-hydrogen) atoms. The Morgan fingerprint density at radius 3 is 2.75 bits per heavy atom. The van der Waals surface area contributed by atoms with Gasteiger partial charge in [-0.25, -0.2) is 13.2 Å². The van der Waals surface area contributed by atoms with Crippen LogP contribution in [-0.2, 0) is 13.1 Å². The minimum Gasteiger partial charge on any atom is -0.378 e. The zero-order valence-electron chi connectivity index (χ0n) is 10.9. The zero-order chi connectivity index (χ0) is 13.8. The lowest BCUT2D eigenvalue weighted by Gasteiger charge is -2.06. The number of nitrogens with one attached hydrogen (secondary N) is 1. The number of hydrogen-bond donors (Lipinski definition) is 1. The van der Waals surface area contributed by atoms with Crippen molar-refractivity contribution < 1.29 is 13.2 Å². The number of benzene rings is 1. The summed E-state index contributed by atoms with van der Waals surface area (Å²) in [7, 11) is 0. The van der Waals surface area contributed by atoms with Crippen LogP contribution >= 0.6 is 12.4 Å². The van der Waals surface area contributed by atoms with E-state index in [-0.39, 0.29) is 31.1 Å². The largest absolute Gasteiger partial charge is 0.378 e. The smallest absolute Gasteiger partial charge is 0.128 e. The van der Waals surface area contributed by atoms with E-state index in [1.54, 1.807) is 13.1 Å². The van der Waals surface area contributed by atoms with E-state index in [9.17, 15) is 13.2 Å². The highest BCUT2D eigenvalue weighted by Crippen LogP contribution is 2.16. The summed E-state index contributed by atoms with van der Waals surface area (Å²) in [6.45, 7) is 1.58. The molecule has 0 bridgehead atoms. The van der Waals surface area contributed by atoms with Crippen LogP contribution in [0.3, 0.4) is 0 Å². The lowest BCUT2D eigenvalue weighted by Crippen LogP contribution is -2.02. The van der Waals surface area contributed by atoms with E-state index in [0.717, 1.165) is 18.2 Å². The van der Waals surface area contributed by atoms with Gasteiger partial charge in [0.15, 0.2) is 0 Å². The van der Waals surface area contributed by atoms with Crippen LogP contribution in [0.5, 0.6) is 0 Å². The standard InChI is InChI=1S/C13H14F3N3.ClH/c1-9-13(8-19(18-9)5-4-14)17-7-10-6-11(15)2-3-12(10)16;/h2-3,6,8,17H,4-5,7H2,1H3;1H. The molecule has 0 fully saturated rings. The Kier molecular flexibility index (Phi) is 5.88. The van der Waals surface area contributed by atoms with Crippen LogP contribution in [0.25, 0.3) is 0 Å². The van der Waals surface area contributed by atoms with Crippen molar-refractivity contribution >= 4 is 18.1 Å². The predicted octanol–water partition coefficient (Wildman–Crippen LogP) is 3.47. The van der Waals surface area contributed by atoms with E-state index < -0.39 is 18.3 Å². The lowest BCUT2D eigenvalue weighted by atomic mass is 10.2. The van der Waals surface area contributed by atoms with Crippen molar-refractivity contribution in [3.63, 3.8) is 0 Å². The molecule has 0 spiro atoms. The molecular formula is C13H15ClF3N3. The molecule has 0 unspecified atom stereocenters. The van der Waals surface area contributed by atoms with Crippen LogP contribution in [-0.4, -0.2) is 16.5 Å². The third kappa shape index (κ3) is 3.90. The average molecular weight is 306 g/mol. The predicted molar refractivity (Wildman–Crippen MR) is 73.9 cm³/mol. The van der Waals surface area contributed by atoms with E-state index in [1.807, 2.05) is 0 Å². The Morgan fingerprint density at radius 2 is 2.05 bits per heavy atom. The maximum absolute atomic E-state index is 13.4. The molecular weight excluding hydrogens is 291 g/mol. The number of anilines is 1. The van der Waals surface area contributed by atoms with Crippen LogP contribution < -0.4 is 5.32 Å². The van der Waals surface area contributed by atoms with E-state index in [0.29, 0.717) is 11.4 Å². The fraction of sp³-hybridized carbons (Fsp3) is 0.308. The van der Waals surface area contributed by atoms with E-state index in [4.69, 9.17) is 0 Å². The topological polar surface area (TPSA) is 29.9 Å². The summed E-state index contributed by atoms with van der Waals surface area (Å²) in [5.74, 6) is -0.953. The number of alkyl halides is 1. The summed E-state index contributed by atoms with van der Waals surface area (Å²) in [5, 5.41) is 7.06. The monoisotopic (exact) mass is 305 g/mol. The highest BCUT2D eigenvalue weighted by atomic mass is 35.5. The number of nitrogens with zero attached hydrogens (tertiary/aromatic N) is 2. The highest BCUT2D eigenvalue weighted by molar-refractivity contribution is 5.85. The van der Waals surface area contributed by atoms with Crippen molar-refractivity contribution in [1.29, 1.82) is 0 Å². The van der Waals surface area contributed by atoms with Gasteiger partial charge in [-0.1, -0.05) is 0 Å². The van der Waals surface area contributed by atoms with Gasteiger partial charge in [-0.05, 0) is 25.1 Å². The van der Waals surface area contributed by atoms with Gasteiger partial charge in [0.1, 0.15) is 18.3 Å². The summed E-state index contributed by atoms with van der Waals surface area (Å²) >= 11 is 0. The summed E-state index contributed by atoms with van der Waals surface area (Å²) in [5.41, 5.74) is 1.60. The second kappa shape index (κ2) is 7.19. The molecule has 3 nitrogen and oxygen atoms in total. The van der Waals surface area contributed by atoms with Crippen molar-refractivity contribution in [2.24, 2.45) is 0 Å².